The van der Waals surface area contributed by atoms with Gasteiger partial charge in [-0.2, -0.15) is 15.6 Å². The first-order valence-corrected chi connectivity index (χ1v) is 5.15. The van der Waals surface area contributed by atoms with Crippen molar-refractivity contribution in [1.82, 2.24) is 0 Å². The Bertz CT molecular complexity index is 540. The molecule has 0 amide bonds. The molecule has 0 spiro atoms. The number of ether oxygens (including phenoxy) is 2. The van der Waals surface area contributed by atoms with Crippen LogP contribution in [0.4, 0.5) is 10.1 Å². The second kappa shape index (κ2) is 7.07. The number of halogens is 1. The number of hydrazone groups is 1. The third kappa shape index (κ3) is 3.75. The van der Waals surface area contributed by atoms with Gasteiger partial charge >= 0.3 is 0 Å². The molecule has 0 saturated heterocycles. The van der Waals surface area contributed by atoms with E-state index in [1.54, 1.807) is 12.1 Å². The zero-order valence-corrected chi connectivity index (χ0v) is 10.3. The Kier molecular flexibility index (Phi) is 5.42. The third-order valence-electron chi connectivity index (χ3n) is 2.20. The fraction of sp³-hybridized carbons (Fsp3) is 0.250. The average molecular weight is 262 g/mol. The summed E-state index contributed by atoms with van der Waals surface area (Å²) in [5.74, 6) is -0.468. The summed E-state index contributed by atoms with van der Waals surface area (Å²) < 4.78 is 23.3. The van der Waals surface area contributed by atoms with Gasteiger partial charge in [-0.15, -0.1) is 0 Å². The largest absolute Gasteiger partial charge is 0.352 e. The molecule has 98 valence electrons. The number of nitrogens with zero attached hydrogens (tertiary/aromatic N) is 3. The Morgan fingerprint density at radius 3 is 2.47 bits per heavy atom. The van der Waals surface area contributed by atoms with E-state index >= 15 is 0 Å². The summed E-state index contributed by atoms with van der Waals surface area (Å²) in [6, 6.07) is 7.03. The summed E-state index contributed by atoms with van der Waals surface area (Å²) >= 11 is 0. The van der Waals surface area contributed by atoms with Gasteiger partial charge in [-0.1, -0.05) is 0 Å². The Labute approximate surface area is 109 Å². The molecule has 0 unspecified atom stereocenters. The van der Waals surface area contributed by atoms with E-state index in [0.29, 0.717) is 11.3 Å². The number of rotatable bonds is 5. The monoisotopic (exact) mass is 262 g/mol. The third-order valence-corrected chi connectivity index (χ3v) is 2.20. The number of nitriles is 2. The zero-order chi connectivity index (χ0) is 14.3. The van der Waals surface area contributed by atoms with Crippen LogP contribution in [0.3, 0.4) is 0 Å². The van der Waals surface area contributed by atoms with Crippen molar-refractivity contribution in [2.24, 2.45) is 5.10 Å². The van der Waals surface area contributed by atoms with E-state index in [2.05, 4.69) is 10.5 Å². The predicted molar refractivity (Wildman–Crippen MR) is 65.4 cm³/mol. The summed E-state index contributed by atoms with van der Waals surface area (Å²) in [4.78, 5) is 0. The van der Waals surface area contributed by atoms with Crippen LogP contribution in [0.2, 0.25) is 0 Å². The van der Waals surface area contributed by atoms with Crippen LogP contribution in [0.5, 0.6) is 0 Å². The lowest BCUT2D eigenvalue weighted by molar-refractivity contribution is -0.105. The van der Waals surface area contributed by atoms with Gasteiger partial charge in [0.2, 0.25) is 5.71 Å². The van der Waals surface area contributed by atoms with Gasteiger partial charge in [-0.25, -0.2) is 4.39 Å². The fourth-order valence-electron chi connectivity index (χ4n) is 1.37. The first-order valence-electron chi connectivity index (χ1n) is 5.15. The molecule has 1 aromatic rings. The van der Waals surface area contributed by atoms with Gasteiger partial charge in [0.05, 0.1) is 5.69 Å². The molecule has 0 bridgehead atoms. The van der Waals surface area contributed by atoms with E-state index < -0.39 is 12.1 Å². The average Bonchev–Trinajstić information content (AvgIpc) is 2.43. The van der Waals surface area contributed by atoms with Crippen LogP contribution in [0.1, 0.15) is 11.9 Å². The van der Waals surface area contributed by atoms with Gasteiger partial charge in [-0.3, -0.25) is 5.43 Å². The van der Waals surface area contributed by atoms with E-state index in [1.165, 1.54) is 32.4 Å². The summed E-state index contributed by atoms with van der Waals surface area (Å²) in [6.07, 6.45) is -0.791. The van der Waals surface area contributed by atoms with Gasteiger partial charge in [-0.05, 0) is 18.2 Å². The number of methoxy groups -OCH3 is 2. The quantitative estimate of drug-likeness (QED) is 0.497. The molecule has 0 radical (unpaired) electrons. The zero-order valence-electron chi connectivity index (χ0n) is 10.3. The SMILES string of the molecule is COC(OC)c1cc(F)ccc1NN=C(C#N)C#N. The summed E-state index contributed by atoms with van der Waals surface area (Å²) in [6.45, 7) is 0. The molecule has 0 aliphatic heterocycles. The summed E-state index contributed by atoms with van der Waals surface area (Å²) in [5.41, 5.74) is 2.90. The van der Waals surface area contributed by atoms with Gasteiger partial charge in [0, 0.05) is 19.8 Å². The van der Waals surface area contributed by atoms with Crippen molar-refractivity contribution in [2.45, 2.75) is 6.29 Å². The molecule has 0 saturated carbocycles. The molecule has 0 aromatic heterocycles. The van der Waals surface area contributed by atoms with Gasteiger partial charge in [0.1, 0.15) is 18.0 Å². The van der Waals surface area contributed by atoms with Gasteiger partial charge < -0.3 is 9.47 Å². The normalized spacial score (nSPS) is 9.58. The smallest absolute Gasteiger partial charge is 0.237 e. The summed E-state index contributed by atoms with van der Waals surface area (Å²) in [7, 11) is 2.81. The van der Waals surface area contributed by atoms with Gasteiger partial charge in [0.15, 0.2) is 6.29 Å². The first kappa shape index (κ1) is 14.6. The van der Waals surface area contributed by atoms with Crippen molar-refractivity contribution in [1.29, 1.82) is 10.5 Å². The highest BCUT2D eigenvalue weighted by Crippen LogP contribution is 2.26. The van der Waals surface area contributed by atoms with Crippen LogP contribution < -0.4 is 5.43 Å². The van der Waals surface area contributed by atoms with Crippen molar-refractivity contribution in [3.63, 3.8) is 0 Å². The number of nitrogens with one attached hydrogen (secondary N) is 1. The highest BCUT2D eigenvalue weighted by Gasteiger charge is 2.15. The highest BCUT2D eigenvalue weighted by atomic mass is 19.1. The van der Waals surface area contributed by atoms with Crippen LogP contribution in [0.15, 0.2) is 23.3 Å². The van der Waals surface area contributed by atoms with Crippen LogP contribution >= 0.6 is 0 Å². The Morgan fingerprint density at radius 1 is 1.32 bits per heavy atom. The minimum Gasteiger partial charge on any atom is -0.352 e. The van der Waals surface area contributed by atoms with Crippen molar-refractivity contribution >= 4 is 11.4 Å². The lowest BCUT2D eigenvalue weighted by atomic mass is 10.1. The molecule has 1 rings (SSSR count). The minimum absolute atomic E-state index is 0.346. The summed E-state index contributed by atoms with van der Waals surface area (Å²) in [5, 5.41) is 20.7. The van der Waals surface area contributed by atoms with Crippen LogP contribution in [-0.4, -0.2) is 19.9 Å². The molecule has 19 heavy (non-hydrogen) atoms. The fourth-order valence-corrected chi connectivity index (χ4v) is 1.37. The van der Waals surface area contributed by atoms with E-state index in [4.69, 9.17) is 20.0 Å². The van der Waals surface area contributed by atoms with Crippen molar-refractivity contribution in [3.05, 3.63) is 29.6 Å². The first-order chi connectivity index (χ1) is 9.15. The molecule has 0 aliphatic rings. The second-order valence-electron chi connectivity index (χ2n) is 3.33. The molecular formula is C12H11FN4O2. The predicted octanol–water partition coefficient (Wildman–Crippen LogP) is 1.93. The number of anilines is 1. The lowest BCUT2D eigenvalue weighted by Crippen LogP contribution is -2.08. The highest BCUT2D eigenvalue weighted by molar-refractivity contribution is 6.10. The molecule has 0 fully saturated rings. The second-order valence-corrected chi connectivity index (χ2v) is 3.33. The molecule has 7 heteroatoms. The van der Waals surface area contributed by atoms with E-state index in [-0.39, 0.29) is 5.71 Å². The Balaban J connectivity index is 3.11. The molecule has 6 nitrogen and oxygen atoms in total. The minimum atomic E-state index is -0.791. The Hall–Kier alpha value is -2.48. The van der Waals surface area contributed by atoms with E-state index in [0.717, 1.165) is 0 Å². The maximum absolute atomic E-state index is 13.2. The number of benzene rings is 1. The van der Waals surface area contributed by atoms with Crippen LogP contribution in [0, 0.1) is 28.5 Å². The Morgan fingerprint density at radius 2 is 1.95 bits per heavy atom. The van der Waals surface area contributed by atoms with E-state index in [1.807, 2.05) is 0 Å². The molecule has 0 aliphatic carbocycles. The van der Waals surface area contributed by atoms with Crippen molar-refractivity contribution < 1.29 is 13.9 Å². The number of hydrogen-bond acceptors (Lipinski definition) is 6. The van der Waals surface area contributed by atoms with Crippen molar-refractivity contribution in [2.75, 3.05) is 19.6 Å². The maximum Gasteiger partial charge on any atom is 0.237 e. The van der Waals surface area contributed by atoms with Crippen LogP contribution in [0.25, 0.3) is 0 Å². The molecular weight excluding hydrogens is 251 g/mol. The number of hydrogen-bond donors (Lipinski definition) is 1. The lowest BCUT2D eigenvalue weighted by Gasteiger charge is -2.17. The molecule has 1 aromatic carbocycles. The maximum atomic E-state index is 13.2. The molecule has 1 N–H and O–H groups in total. The van der Waals surface area contributed by atoms with E-state index in [9.17, 15) is 4.39 Å². The molecule has 0 atom stereocenters. The van der Waals surface area contributed by atoms with Gasteiger partial charge in [0.25, 0.3) is 0 Å². The van der Waals surface area contributed by atoms with Crippen molar-refractivity contribution in [3.8, 4) is 12.1 Å². The standard InChI is InChI=1S/C12H11FN4O2/c1-18-12(19-2)10-5-8(13)3-4-11(10)17-16-9(6-14)7-15/h3-5,12,17H,1-2H3. The molecule has 0 heterocycles. The van der Waals surface area contributed by atoms with Crippen LogP contribution in [-0.2, 0) is 9.47 Å². The topological polar surface area (TPSA) is 90.4 Å².